The molecule has 0 aromatic rings. The van der Waals surface area contributed by atoms with Crippen LogP contribution in [-0.4, -0.2) is 62.5 Å². The van der Waals surface area contributed by atoms with E-state index < -0.39 is 0 Å². The SMILES string of the molecule is CN(C)CCN1CCNCCC1=O. The van der Waals surface area contributed by atoms with E-state index in [9.17, 15) is 4.79 Å². The number of likely N-dealkylation sites (N-methyl/N-ethyl adjacent to an activating group) is 1. The van der Waals surface area contributed by atoms with Crippen molar-refractivity contribution in [1.82, 2.24) is 15.1 Å². The molecule has 1 fully saturated rings. The Balaban J connectivity index is 2.32. The average molecular weight is 185 g/mol. The Morgan fingerprint density at radius 1 is 1.46 bits per heavy atom. The van der Waals surface area contributed by atoms with Crippen LogP contribution in [0.25, 0.3) is 0 Å². The smallest absolute Gasteiger partial charge is 0.223 e. The maximum atomic E-state index is 11.5. The Labute approximate surface area is 79.9 Å². The summed E-state index contributed by atoms with van der Waals surface area (Å²) in [6.45, 7) is 4.42. The minimum atomic E-state index is 0.284. The molecule has 1 saturated heterocycles. The van der Waals surface area contributed by atoms with Gasteiger partial charge in [-0.25, -0.2) is 0 Å². The maximum absolute atomic E-state index is 11.5. The molecular formula is C9H19N3O. The van der Waals surface area contributed by atoms with Gasteiger partial charge in [-0.15, -0.1) is 0 Å². The molecule has 0 bridgehead atoms. The summed E-state index contributed by atoms with van der Waals surface area (Å²) in [6.07, 6.45) is 0.646. The van der Waals surface area contributed by atoms with Crippen molar-refractivity contribution in [3.05, 3.63) is 0 Å². The van der Waals surface area contributed by atoms with Gasteiger partial charge in [-0.2, -0.15) is 0 Å². The Morgan fingerprint density at radius 2 is 2.23 bits per heavy atom. The molecule has 1 rings (SSSR count). The van der Waals surface area contributed by atoms with Crippen molar-refractivity contribution in [2.75, 3.05) is 46.8 Å². The van der Waals surface area contributed by atoms with E-state index in [1.165, 1.54) is 0 Å². The second kappa shape index (κ2) is 5.19. The fraction of sp³-hybridized carbons (Fsp3) is 0.889. The van der Waals surface area contributed by atoms with Crippen LogP contribution in [0.4, 0.5) is 0 Å². The van der Waals surface area contributed by atoms with Crippen molar-refractivity contribution in [2.24, 2.45) is 0 Å². The van der Waals surface area contributed by atoms with Crippen LogP contribution in [0.15, 0.2) is 0 Å². The second-order valence-electron chi connectivity index (χ2n) is 3.68. The molecule has 0 aromatic carbocycles. The molecule has 1 amide bonds. The van der Waals surface area contributed by atoms with Gasteiger partial charge < -0.3 is 15.1 Å². The topological polar surface area (TPSA) is 35.6 Å². The largest absolute Gasteiger partial charge is 0.340 e. The molecule has 0 unspecified atom stereocenters. The molecule has 1 N–H and O–H groups in total. The summed E-state index contributed by atoms with van der Waals surface area (Å²) >= 11 is 0. The second-order valence-corrected chi connectivity index (χ2v) is 3.68. The summed E-state index contributed by atoms with van der Waals surface area (Å²) < 4.78 is 0. The van der Waals surface area contributed by atoms with E-state index in [0.717, 1.165) is 32.7 Å². The van der Waals surface area contributed by atoms with Crippen LogP contribution >= 0.6 is 0 Å². The van der Waals surface area contributed by atoms with Crippen molar-refractivity contribution in [3.8, 4) is 0 Å². The van der Waals surface area contributed by atoms with Crippen LogP contribution in [0.5, 0.6) is 0 Å². The van der Waals surface area contributed by atoms with Gasteiger partial charge in [0.25, 0.3) is 0 Å². The molecule has 76 valence electrons. The molecule has 13 heavy (non-hydrogen) atoms. The fourth-order valence-corrected chi connectivity index (χ4v) is 1.37. The van der Waals surface area contributed by atoms with Gasteiger partial charge in [0.1, 0.15) is 0 Å². The highest BCUT2D eigenvalue weighted by molar-refractivity contribution is 5.76. The van der Waals surface area contributed by atoms with E-state index in [4.69, 9.17) is 0 Å². The van der Waals surface area contributed by atoms with E-state index in [0.29, 0.717) is 6.42 Å². The van der Waals surface area contributed by atoms with Gasteiger partial charge in [-0.3, -0.25) is 4.79 Å². The quantitative estimate of drug-likeness (QED) is 0.636. The van der Waals surface area contributed by atoms with E-state index in [2.05, 4.69) is 10.2 Å². The first-order valence-electron chi connectivity index (χ1n) is 4.83. The van der Waals surface area contributed by atoms with E-state index >= 15 is 0 Å². The lowest BCUT2D eigenvalue weighted by Crippen LogP contribution is -2.37. The third-order valence-electron chi connectivity index (χ3n) is 2.24. The first-order valence-corrected chi connectivity index (χ1v) is 4.83. The normalized spacial score (nSPS) is 19.3. The molecule has 1 heterocycles. The highest BCUT2D eigenvalue weighted by atomic mass is 16.2. The van der Waals surface area contributed by atoms with E-state index in [1.54, 1.807) is 0 Å². The molecule has 0 aliphatic carbocycles. The Bertz CT molecular complexity index is 170. The summed E-state index contributed by atoms with van der Waals surface area (Å²) in [7, 11) is 4.06. The summed E-state index contributed by atoms with van der Waals surface area (Å²) in [5.74, 6) is 0.284. The van der Waals surface area contributed by atoms with E-state index in [-0.39, 0.29) is 5.91 Å². The minimum absolute atomic E-state index is 0.284. The van der Waals surface area contributed by atoms with Gasteiger partial charge in [-0.05, 0) is 14.1 Å². The molecular weight excluding hydrogens is 166 g/mol. The molecule has 4 nitrogen and oxygen atoms in total. The zero-order valence-corrected chi connectivity index (χ0v) is 8.55. The number of nitrogens with one attached hydrogen (secondary N) is 1. The average Bonchev–Trinajstić information content (AvgIpc) is 2.27. The first kappa shape index (κ1) is 10.5. The molecule has 0 atom stereocenters. The molecule has 1 aliphatic rings. The van der Waals surface area contributed by atoms with Gasteiger partial charge in [0, 0.05) is 39.1 Å². The monoisotopic (exact) mass is 185 g/mol. The minimum Gasteiger partial charge on any atom is -0.340 e. The van der Waals surface area contributed by atoms with Crippen LogP contribution in [0, 0.1) is 0 Å². The van der Waals surface area contributed by atoms with Gasteiger partial charge in [0.15, 0.2) is 0 Å². The molecule has 0 radical (unpaired) electrons. The standard InChI is InChI=1S/C9H19N3O/c1-11(2)7-8-12-6-5-10-4-3-9(12)13/h10H,3-8H2,1-2H3. The van der Waals surface area contributed by atoms with Crippen molar-refractivity contribution in [3.63, 3.8) is 0 Å². The van der Waals surface area contributed by atoms with Crippen molar-refractivity contribution in [2.45, 2.75) is 6.42 Å². The fourth-order valence-electron chi connectivity index (χ4n) is 1.37. The number of amides is 1. The van der Waals surface area contributed by atoms with Crippen LogP contribution < -0.4 is 5.32 Å². The van der Waals surface area contributed by atoms with Gasteiger partial charge in [0.2, 0.25) is 5.91 Å². The molecule has 0 saturated carbocycles. The van der Waals surface area contributed by atoms with Gasteiger partial charge in [-0.1, -0.05) is 0 Å². The Kier molecular flexibility index (Phi) is 4.18. The molecule has 1 aliphatic heterocycles. The lowest BCUT2D eigenvalue weighted by Gasteiger charge is -2.22. The number of hydrogen-bond donors (Lipinski definition) is 1. The van der Waals surface area contributed by atoms with Crippen molar-refractivity contribution < 1.29 is 4.79 Å². The first-order chi connectivity index (χ1) is 6.20. The summed E-state index contributed by atoms with van der Waals surface area (Å²) in [5.41, 5.74) is 0. The molecule has 0 spiro atoms. The lowest BCUT2D eigenvalue weighted by atomic mass is 10.3. The zero-order valence-electron chi connectivity index (χ0n) is 8.55. The maximum Gasteiger partial charge on any atom is 0.223 e. The van der Waals surface area contributed by atoms with Crippen LogP contribution in [0.1, 0.15) is 6.42 Å². The third-order valence-corrected chi connectivity index (χ3v) is 2.24. The summed E-state index contributed by atoms with van der Waals surface area (Å²) in [4.78, 5) is 15.5. The van der Waals surface area contributed by atoms with Gasteiger partial charge in [0.05, 0.1) is 0 Å². The predicted molar refractivity (Wildman–Crippen MR) is 52.6 cm³/mol. The number of carbonyl (C=O) groups excluding carboxylic acids is 1. The predicted octanol–water partition coefficient (Wildman–Crippen LogP) is -0.630. The molecule has 4 heteroatoms. The lowest BCUT2D eigenvalue weighted by molar-refractivity contribution is -0.130. The number of carbonyl (C=O) groups is 1. The highest BCUT2D eigenvalue weighted by Crippen LogP contribution is 1.97. The third kappa shape index (κ3) is 3.74. The van der Waals surface area contributed by atoms with Gasteiger partial charge >= 0.3 is 0 Å². The summed E-state index contributed by atoms with van der Waals surface area (Å²) in [6, 6.07) is 0. The molecule has 0 aromatic heterocycles. The Morgan fingerprint density at radius 3 is 2.92 bits per heavy atom. The highest BCUT2D eigenvalue weighted by Gasteiger charge is 2.15. The number of hydrogen-bond acceptors (Lipinski definition) is 3. The van der Waals surface area contributed by atoms with Crippen molar-refractivity contribution in [1.29, 1.82) is 0 Å². The van der Waals surface area contributed by atoms with E-state index in [1.807, 2.05) is 19.0 Å². The van der Waals surface area contributed by atoms with Crippen LogP contribution in [0.3, 0.4) is 0 Å². The van der Waals surface area contributed by atoms with Crippen molar-refractivity contribution >= 4 is 5.91 Å². The Hall–Kier alpha value is -0.610. The number of nitrogens with zero attached hydrogens (tertiary/aromatic N) is 2. The van der Waals surface area contributed by atoms with Crippen LogP contribution in [-0.2, 0) is 4.79 Å². The number of rotatable bonds is 3. The zero-order chi connectivity index (χ0) is 9.68. The van der Waals surface area contributed by atoms with Crippen LogP contribution in [0.2, 0.25) is 0 Å². The summed E-state index contributed by atoms with van der Waals surface area (Å²) in [5, 5.41) is 3.22.